The Morgan fingerprint density at radius 2 is 1.52 bits per heavy atom. The van der Waals surface area contributed by atoms with E-state index in [0.717, 1.165) is 86.3 Å². The molecule has 2 fully saturated rings. The van der Waals surface area contributed by atoms with E-state index in [-0.39, 0.29) is 24.2 Å². The summed E-state index contributed by atoms with van der Waals surface area (Å²) < 4.78 is 32.4. The lowest BCUT2D eigenvalue weighted by atomic mass is 9.69. The second-order valence-electron chi connectivity index (χ2n) is 11.2. The maximum absolute atomic E-state index is 6.99. The molecule has 0 radical (unpaired) electrons. The van der Waals surface area contributed by atoms with Gasteiger partial charge in [-0.1, -0.05) is 75.9 Å². The normalized spacial score (nSPS) is 25.8. The minimum Gasteiger partial charge on any atom is -0.494 e. The number of rotatable bonds is 17. The molecule has 2 aromatic carbocycles. The molecule has 5 nitrogen and oxygen atoms in total. The van der Waals surface area contributed by atoms with Gasteiger partial charge in [-0.15, -0.1) is 0 Å². The predicted octanol–water partition coefficient (Wildman–Crippen LogP) is 8.69. The highest BCUT2D eigenvalue weighted by molar-refractivity contribution is 6.31. The highest BCUT2D eigenvalue weighted by atomic mass is 35.5. The minimum absolute atomic E-state index is 0.0669. The van der Waals surface area contributed by atoms with Gasteiger partial charge in [-0.05, 0) is 73.9 Å². The van der Waals surface area contributed by atoms with Crippen LogP contribution in [0.1, 0.15) is 102 Å². The topological polar surface area (TPSA) is 46.2 Å². The van der Waals surface area contributed by atoms with E-state index in [1.165, 1.54) is 5.56 Å². The standard InChI is InChI=1S/C34H49ClO5/c1-5-9-20-37-32-29-18-19-34(29,39-22-11-7-3)40-31(33(32)38-21-10-6-2)26-14-17-30(35)27(24-26)23-25-12-15-28(16-13-25)36-8-4/h12-17,24,29,31-33H,5-11,18-23H2,1-4H3/t29-,31+,32+,33+,34-/m1/s1. The molecule has 0 unspecified atom stereocenters. The van der Waals surface area contributed by atoms with E-state index in [4.69, 9.17) is 35.3 Å². The molecule has 2 aromatic rings. The maximum atomic E-state index is 6.99. The monoisotopic (exact) mass is 572 g/mol. The molecule has 4 rings (SSSR count). The third kappa shape index (κ3) is 7.60. The third-order valence-corrected chi connectivity index (χ3v) is 8.57. The van der Waals surface area contributed by atoms with Crippen molar-refractivity contribution in [3.8, 4) is 5.75 Å². The predicted molar refractivity (Wildman–Crippen MR) is 161 cm³/mol. The molecular weight excluding hydrogens is 524 g/mol. The highest BCUT2D eigenvalue weighted by Crippen LogP contribution is 2.55. The van der Waals surface area contributed by atoms with E-state index in [1.54, 1.807) is 0 Å². The van der Waals surface area contributed by atoms with Crippen molar-refractivity contribution in [2.45, 2.75) is 110 Å². The first-order valence-electron chi connectivity index (χ1n) is 15.6. The van der Waals surface area contributed by atoms with Crippen molar-refractivity contribution in [1.82, 2.24) is 0 Å². The van der Waals surface area contributed by atoms with Gasteiger partial charge in [0.2, 0.25) is 0 Å². The second kappa shape index (κ2) is 15.6. The van der Waals surface area contributed by atoms with Gasteiger partial charge >= 0.3 is 0 Å². The molecule has 5 atom stereocenters. The van der Waals surface area contributed by atoms with Crippen LogP contribution in [0.25, 0.3) is 0 Å². The van der Waals surface area contributed by atoms with Gasteiger partial charge < -0.3 is 23.7 Å². The van der Waals surface area contributed by atoms with Gasteiger partial charge in [0.15, 0.2) is 5.79 Å². The van der Waals surface area contributed by atoms with Crippen LogP contribution in [0.2, 0.25) is 5.02 Å². The first-order valence-corrected chi connectivity index (χ1v) is 16.0. The molecule has 0 spiro atoms. The zero-order valence-electron chi connectivity index (χ0n) is 25.0. The average Bonchev–Trinajstić information content (AvgIpc) is 2.94. The lowest BCUT2D eigenvalue weighted by molar-refractivity contribution is -0.395. The number of unbranched alkanes of at least 4 members (excludes halogenated alkanes) is 3. The average molecular weight is 573 g/mol. The Morgan fingerprint density at radius 3 is 2.15 bits per heavy atom. The number of hydrogen-bond acceptors (Lipinski definition) is 5. The second-order valence-corrected chi connectivity index (χ2v) is 11.6. The van der Waals surface area contributed by atoms with Gasteiger partial charge in [0.25, 0.3) is 0 Å². The van der Waals surface area contributed by atoms with Crippen LogP contribution in [0.5, 0.6) is 5.75 Å². The molecule has 222 valence electrons. The summed E-state index contributed by atoms with van der Waals surface area (Å²) in [6.07, 6.45) is 8.44. The van der Waals surface area contributed by atoms with Crippen LogP contribution in [0, 0.1) is 5.92 Å². The zero-order chi connectivity index (χ0) is 28.4. The SMILES string of the molecule is CCCCO[C@@H]1[C@@H](OCCCC)[C@H](c2ccc(Cl)c(Cc3ccc(OCC)cc3)c2)O[C@]2(OCCCC)CC[C@H]12. The molecule has 1 aliphatic carbocycles. The van der Waals surface area contributed by atoms with Crippen LogP contribution in [0.3, 0.4) is 0 Å². The molecule has 40 heavy (non-hydrogen) atoms. The van der Waals surface area contributed by atoms with Crippen LogP contribution in [-0.2, 0) is 25.4 Å². The Hall–Kier alpha value is -1.63. The van der Waals surface area contributed by atoms with Crippen molar-refractivity contribution in [2.24, 2.45) is 5.92 Å². The van der Waals surface area contributed by atoms with E-state index in [0.29, 0.717) is 19.8 Å². The molecule has 6 heteroatoms. The Labute approximate surface area is 246 Å². The third-order valence-electron chi connectivity index (χ3n) is 8.20. The lowest BCUT2D eigenvalue weighted by Crippen LogP contribution is -2.66. The van der Waals surface area contributed by atoms with Gasteiger partial charge in [0.1, 0.15) is 18.0 Å². The van der Waals surface area contributed by atoms with E-state index in [2.05, 4.69) is 45.0 Å². The van der Waals surface area contributed by atoms with Crippen molar-refractivity contribution in [3.05, 3.63) is 64.2 Å². The molecule has 1 aliphatic heterocycles. The molecule has 1 heterocycles. The minimum atomic E-state index is -0.615. The zero-order valence-corrected chi connectivity index (χ0v) is 25.7. The largest absolute Gasteiger partial charge is 0.494 e. The van der Waals surface area contributed by atoms with Gasteiger partial charge in [0, 0.05) is 30.6 Å². The molecular formula is C34H49ClO5. The van der Waals surface area contributed by atoms with Gasteiger partial charge in [-0.3, -0.25) is 0 Å². The first kappa shape index (κ1) is 31.3. The fourth-order valence-corrected chi connectivity index (χ4v) is 5.95. The van der Waals surface area contributed by atoms with Crippen molar-refractivity contribution in [2.75, 3.05) is 26.4 Å². The van der Waals surface area contributed by atoms with Crippen molar-refractivity contribution < 1.29 is 23.7 Å². The summed E-state index contributed by atoms with van der Waals surface area (Å²) in [4.78, 5) is 0. The fraction of sp³-hybridized carbons (Fsp3) is 0.647. The molecule has 1 saturated carbocycles. The van der Waals surface area contributed by atoms with Crippen LogP contribution >= 0.6 is 11.6 Å². The van der Waals surface area contributed by atoms with Crippen molar-refractivity contribution in [1.29, 1.82) is 0 Å². The number of hydrogen-bond donors (Lipinski definition) is 0. The summed E-state index contributed by atoms with van der Waals surface area (Å²) in [6, 6.07) is 14.5. The summed E-state index contributed by atoms with van der Waals surface area (Å²) in [7, 11) is 0. The first-order chi connectivity index (χ1) is 19.5. The van der Waals surface area contributed by atoms with Gasteiger partial charge in [-0.25, -0.2) is 0 Å². The van der Waals surface area contributed by atoms with E-state index >= 15 is 0 Å². The number of halogens is 1. The summed E-state index contributed by atoms with van der Waals surface area (Å²) in [6.45, 7) is 11.4. The van der Waals surface area contributed by atoms with Crippen molar-refractivity contribution in [3.63, 3.8) is 0 Å². The Morgan fingerprint density at radius 1 is 0.850 bits per heavy atom. The quantitative estimate of drug-likeness (QED) is 0.177. The summed E-state index contributed by atoms with van der Waals surface area (Å²) in [5.41, 5.74) is 3.32. The molecule has 0 amide bonds. The molecule has 0 bridgehead atoms. The summed E-state index contributed by atoms with van der Waals surface area (Å²) >= 11 is 6.75. The molecule has 2 aliphatic rings. The van der Waals surface area contributed by atoms with Crippen LogP contribution in [-0.4, -0.2) is 44.4 Å². The van der Waals surface area contributed by atoms with E-state index in [9.17, 15) is 0 Å². The Balaban J connectivity index is 1.64. The Kier molecular flexibility index (Phi) is 12.2. The van der Waals surface area contributed by atoms with Gasteiger partial charge in [-0.2, -0.15) is 0 Å². The maximum Gasteiger partial charge on any atom is 0.174 e. The number of ether oxygens (including phenoxy) is 5. The van der Waals surface area contributed by atoms with E-state index < -0.39 is 5.79 Å². The Bertz CT molecular complexity index is 1030. The lowest BCUT2D eigenvalue weighted by Gasteiger charge is -2.58. The fourth-order valence-electron chi connectivity index (χ4n) is 5.77. The van der Waals surface area contributed by atoms with Crippen LogP contribution < -0.4 is 4.74 Å². The molecule has 0 aromatic heterocycles. The van der Waals surface area contributed by atoms with Crippen molar-refractivity contribution >= 4 is 11.6 Å². The smallest absolute Gasteiger partial charge is 0.174 e. The van der Waals surface area contributed by atoms with Gasteiger partial charge in [0.05, 0.1) is 19.3 Å². The van der Waals surface area contributed by atoms with E-state index in [1.807, 2.05) is 25.1 Å². The van der Waals surface area contributed by atoms with Crippen LogP contribution in [0.4, 0.5) is 0 Å². The number of fused-ring (bicyclic) bond motifs is 1. The van der Waals surface area contributed by atoms with Crippen LogP contribution in [0.15, 0.2) is 42.5 Å². The highest BCUT2D eigenvalue weighted by Gasteiger charge is 2.62. The number of benzene rings is 2. The molecule has 1 saturated heterocycles. The summed E-state index contributed by atoms with van der Waals surface area (Å²) in [5.74, 6) is 0.446. The summed E-state index contributed by atoms with van der Waals surface area (Å²) in [5, 5.41) is 0.753. The molecule has 0 N–H and O–H groups in total.